The number of halogens is 7. The van der Waals surface area contributed by atoms with Gasteiger partial charge in [0, 0.05) is 0 Å². The van der Waals surface area contributed by atoms with Gasteiger partial charge >= 0.3 is 54.5 Å². The molecule has 0 aliphatic rings. The fourth-order valence-corrected chi connectivity index (χ4v) is 10.3. The Labute approximate surface area is 131 Å². The quantitative estimate of drug-likeness (QED) is 0.317. The number of benzene rings is 1. The maximum Gasteiger partial charge on any atom is 0.502 e. The maximum absolute atomic E-state index is 12.5. The summed E-state index contributed by atoms with van der Waals surface area (Å²) in [5.41, 5.74) is -12.2. The number of hydrogen-bond donors (Lipinski definition) is 0. The summed E-state index contributed by atoms with van der Waals surface area (Å²) in [6.45, 7) is 0. The van der Waals surface area contributed by atoms with Crippen LogP contribution in [0.4, 0.5) is 26.3 Å². The van der Waals surface area contributed by atoms with Gasteiger partial charge in [0.1, 0.15) is 0 Å². The van der Waals surface area contributed by atoms with Crippen LogP contribution in [0, 0.1) is 3.57 Å². The normalized spacial score (nSPS) is 14.3. The van der Waals surface area contributed by atoms with E-state index >= 15 is 0 Å². The fourth-order valence-electron chi connectivity index (χ4n) is 1.08. The number of alkyl halides is 7. The highest BCUT2D eigenvalue weighted by Crippen LogP contribution is 2.32. The van der Waals surface area contributed by atoms with Crippen molar-refractivity contribution in [3.8, 4) is 0 Å². The molecule has 0 heterocycles. The van der Waals surface area contributed by atoms with Crippen molar-refractivity contribution in [1.82, 2.24) is 0 Å². The molecule has 126 valence electrons. The zero-order chi connectivity index (χ0) is 17.4. The molecule has 0 amide bonds. The Morgan fingerprint density at radius 1 is 0.773 bits per heavy atom. The van der Waals surface area contributed by atoms with Crippen molar-refractivity contribution < 1.29 is 64.4 Å². The molecule has 0 bridgehead atoms. The third kappa shape index (κ3) is 3.84. The van der Waals surface area contributed by atoms with E-state index in [1.54, 1.807) is 0 Å². The molecular weight excluding hydrogens is 477 g/mol. The van der Waals surface area contributed by atoms with Crippen molar-refractivity contribution >= 4 is 19.7 Å². The Morgan fingerprint density at radius 2 is 1.14 bits per heavy atom. The molecule has 1 rings (SSSR count). The predicted octanol–water partition coefficient (Wildman–Crippen LogP) is -0.902. The van der Waals surface area contributed by atoms with E-state index in [1.807, 2.05) is 0 Å². The van der Waals surface area contributed by atoms with E-state index < -0.39 is 54.5 Å². The van der Waals surface area contributed by atoms with Crippen LogP contribution >= 0.6 is 0 Å². The third-order valence-electron chi connectivity index (χ3n) is 2.08. The molecule has 0 saturated heterocycles. The molecule has 0 aliphatic heterocycles. The highest BCUT2D eigenvalue weighted by molar-refractivity contribution is 8.09. The van der Waals surface area contributed by atoms with E-state index in [9.17, 15) is 43.2 Å². The first kappa shape index (κ1) is 19.5. The summed E-state index contributed by atoms with van der Waals surface area (Å²) in [7, 11) is -13.1. The molecule has 0 spiro atoms. The van der Waals surface area contributed by atoms with Gasteiger partial charge in [0.05, 0.1) is 0 Å². The van der Waals surface area contributed by atoms with Crippen LogP contribution in [0.5, 0.6) is 0 Å². The van der Waals surface area contributed by atoms with E-state index in [0.717, 1.165) is 12.1 Å². The van der Waals surface area contributed by atoms with Gasteiger partial charge in [0.25, 0.3) is 0 Å². The lowest BCUT2D eigenvalue weighted by Crippen LogP contribution is -3.66. The standard InChI is InChI=1S/C9H6F6IO4S2/c10-8(11,12)21(17,18)7(22(19,20)9(13,14)15)16-6-4-2-1-3-5-6/h1-5,7H/q+1. The van der Waals surface area contributed by atoms with Crippen LogP contribution in [0.3, 0.4) is 0 Å². The summed E-state index contributed by atoms with van der Waals surface area (Å²) < 4.78 is 116. The van der Waals surface area contributed by atoms with Crippen molar-refractivity contribution in [3.63, 3.8) is 0 Å². The van der Waals surface area contributed by atoms with Crippen LogP contribution in [0.1, 0.15) is 0 Å². The monoisotopic (exact) mass is 483 g/mol. The van der Waals surface area contributed by atoms with E-state index in [4.69, 9.17) is 0 Å². The summed E-state index contributed by atoms with van der Waals surface area (Å²) in [6.07, 6.45) is 0. The number of sulfone groups is 2. The molecule has 1 aromatic rings. The van der Waals surface area contributed by atoms with Gasteiger partial charge in [0.2, 0.25) is 0 Å². The minimum absolute atomic E-state index is 0.188. The topological polar surface area (TPSA) is 68.3 Å². The summed E-state index contributed by atoms with van der Waals surface area (Å²) in [5, 5.41) is 0. The van der Waals surface area contributed by atoms with Crippen LogP contribution in [-0.2, 0) is 19.7 Å². The lowest BCUT2D eigenvalue weighted by atomic mass is 10.4. The molecule has 0 aliphatic carbocycles. The second kappa shape index (κ2) is 6.14. The van der Waals surface area contributed by atoms with E-state index in [0.29, 0.717) is 0 Å². The molecule has 0 atom stereocenters. The minimum atomic E-state index is -6.54. The molecule has 0 aromatic heterocycles. The molecule has 0 N–H and O–H groups in total. The van der Waals surface area contributed by atoms with Gasteiger partial charge in [-0.1, -0.05) is 18.2 Å². The average molecular weight is 483 g/mol. The smallest absolute Gasteiger partial charge is 0.214 e. The van der Waals surface area contributed by atoms with Crippen molar-refractivity contribution in [2.75, 3.05) is 0 Å². The summed E-state index contributed by atoms with van der Waals surface area (Å²) in [5.74, 6) is 0. The maximum atomic E-state index is 12.5. The predicted molar refractivity (Wildman–Crippen MR) is 58.9 cm³/mol. The highest BCUT2D eigenvalue weighted by atomic mass is 127. The van der Waals surface area contributed by atoms with Gasteiger partial charge in [-0.25, -0.2) is 16.8 Å². The van der Waals surface area contributed by atoms with Crippen molar-refractivity contribution in [2.24, 2.45) is 0 Å². The summed E-state index contributed by atoms with van der Waals surface area (Å²) in [6, 6.07) is 6.01. The van der Waals surface area contributed by atoms with Crippen LogP contribution in [0.15, 0.2) is 30.3 Å². The Kier molecular flexibility index (Phi) is 5.44. The lowest BCUT2D eigenvalue weighted by Gasteiger charge is -2.13. The van der Waals surface area contributed by atoms with E-state index in [2.05, 4.69) is 0 Å². The van der Waals surface area contributed by atoms with Gasteiger partial charge in [0.15, 0.2) is 3.57 Å². The second-order valence-electron chi connectivity index (χ2n) is 3.66. The third-order valence-corrected chi connectivity index (χ3v) is 13.0. The second-order valence-corrected chi connectivity index (χ2v) is 12.8. The largest absolute Gasteiger partial charge is 0.502 e. The van der Waals surface area contributed by atoms with Gasteiger partial charge < -0.3 is 0 Å². The van der Waals surface area contributed by atoms with E-state index in [1.165, 1.54) is 18.2 Å². The summed E-state index contributed by atoms with van der Waals surface area (Å²) >= 11 is -2.67. The molecule has 0 saturated carbocycles. The Bertz CT molecular complexity index is 680. The Balaban J connectivity index is 3.49. The summed E-state index contributed by atoms with van der Waals surface area (Å²) in [4.78, 5) is 0. The van der Waals surface area contributed by atoms with Gasteiger partial charge in [-0.3, -0.25) is 0 Å². The van der Waals surface area contributed by atoms with Gasteiger partial charge in [-0.15, -0.1) is 0 Å². The molecule has 13 heteroatoms. The zero-order valence-corrected chi connectivity index (χ0v) is 13.8. The number of hydrogen-bond acceptors (Lipinski definition) is 4. The molecule has 22 heavy (non-hydrogen) atoms. The van der Waals surface area contributed by atoms with Crippen LogP contribution in [0.2, 0.25) is 0 Å². The van der Waals surface area contributed by atoms with Crippen molar-refractivity contribution in [1.29, 1.82) is 0 Å². The Morgan fingerprint density at radius 3 is 1.45 bits per heavy atom. The zero-order valence-electron chi connectivity index (χ0n) is 10.1. The molecule has 4 nitrogen and oxygen atoms in total. The van der Waals surface area contributed by atoms with Crippen LogP contribution in [-0.4, -0.2) is 30.4 Å². The van der Waals surface area contributed by atoms with E-state index in [-0.39, 0.29) is 3.57 Å². The van der Waals surface area contributed by atoms with Crippen molar-refractivity contribution in [2.45, 2.75) is 13.6 Å². The van der Waals surface area contributed by atoms with Gasteiger partial charge in [-0.05, 0) is 12.1 Å². The molecule has 1 aromatic carbocycles. The average Bonchev–Trinajstić information content (AvgIpc) is 2.34. The highest BCUT2D eigenvalue weighted by Gasteiger charge is 2.69. The SMILES string of the molecule is O=S(=O)(C([I+]c1ccccc1)S(=O)(=O)C(F)(F)F)C(F)(F)F. The van der Waals surface area contributed by atoms with Gasteiger partial charge in [-0.2, -0.15) is 26.3 Å². The Hall–Kier alpha value is -0.570. The molecule has 0 fully saturated rings. The molecular formula is C9H6F6IO4S2+. The first-order valence-corrected chi connectivity index (χ1v) is 10.4. The lowest BCUT2D eigenvalue weighted by molar-refractivity contribution is -0.623. The number of rotatable bonds is 4. The first-order chi connectivity index (χ1) is 9.71. The molecule has 0 radical (unpaired) electrons. The van der Waals surface area contributed by atoms with Crippen LogP contribution < -0.4 is 21.2 Å². The molecule has 0 unspecified atom stereocenters. The van der Waals surface area contributed by atoms with Crippen molar-refractivity contribution in [3.05, 3.63) is 33.9 Å². The first-order valence-electron chi connectivity index (χ1n) is 5.00. The van der Waals surface area contributed by atoms with Crippen LogP contribution in [0.25, 0.3) is 0 Å². The minimum Gasteiger partial charge on any atom is -0.214 e. The fraction of sp³-hybridized carbons (Fsp3) is 0.333.